The number of aromatic nitrogens is 1. The van der Waals surface area contributed by atoms with Crippen molar-refractivity contribution in [2.45, 2.75) is 18.9 Å². The number of rotatable bonds is 3. The molecule has 0 radical (unpaired) electrons. The van der Waals surface area contributed by atoms with Gasteiger partial charge in [0.25, 0.3) is 5.56 Å². The SMILES string of the molecule is O=C(Cc1cc2ccccc2[nH]c1=O)N[C@@H]1CCS(=O)(=O)C1. The molecule has 1 aromatic carbocycles. The maximum atomic E-state index is 12.0. The predicted octanol–water partition coefficient (Wildman–Crippen LogP) is 0.374. The first-order valence-electron chi connectivity index (χ1n) is 7.04. The fourth-order valence-corrected chi connectivity index (χ4v) is 4.36. The van der Waals surface area contributed by atoms with E-state index in [0.29, 0.717) is 12.0 Å². The molecule has 1 aliphatic heterocycles. The number of hydrogen-bond acceptors (Lipinski definition) is 4. The van der Waals surface area contributed by atoms with E-state index in [1.807, 2.05) is 18.2 Å². The van der Waals surface area contributed by atoms with Crippen LogP contribution in [0.1, 0.15) is 12.0 Å². The summed E-state index contributed by atoms with van der Waals surface area (Å²) in [7, 11) is -3.03. The van der Waals surface area contributed by atoms with Gasteiger partial charge in [-0.05, 0) is 23.9 Å². The minimum Gasteiger partial charge on any atom is -0.352 e. The molecule has 0 unspecified atom stereocenters. The average Bonchev–Trinajstić information content (AvgIpc) is 2.78. The molecule has 0 saturated carbocycles. The van der Waals surface area contributed by atoms with Crippen molar-refractivity contribution in [3.63, 3.8) is 0 Å². The number of aromatic amines is 1. The monoisotopic (exact) mass is 320 g/mol. The highest BCUT2D eigenvalue weighted by Crippen LogP contribution is 2.12. The highest BCUT2D eigenvalue weighted by atomic mass is 32.2. The normalized spacial score (nSPS) is 20.1. The van der Waals surface area contributed by atoms with Crippen LogP contribution < -0.4 is 10.9 Å². The Morgan fingerprint density at radius 1 is 1.32 bits per heavy atom. The van der Waals surface area contributed by atoms with E-state index in [1.54, 1.807) is 12.1 Å². The Kier molecular flexibility index (Phi) is 3.74. The van der Waals surface area contributed by atoms with Crippen molar-refractivity contribution >= 4 is 26.6 Å². The maximum Gasteiger partial charge on any atom is 0.252 e. The molecule has 116 valence electrons. The van der Waals surface area contributed by atoms with Gasteiger partial charge in [0.2, 0.25) is 5.91 Å². The second kappa shape index (κ2) is 5.57. The first-order chi connectivity index (χ1) is 10.4. The highest BCUT2D eigenvalue weighted by molar-refractivity contribution is 7.91. The first kappa shape index (κ1) is 14.8. The number of carbonyl (C=O) groups excluding carboxylic acids is 1. The number of pyridine rings is 1. The minimum atomic E-state index is -3.03. The second-order valence-corrected chi connectivity index (χ2v) is 7.78. The molecule has 0 spiro atoms. The van der Waals surface area contributed by atoms with Crippen molar-refractivity contribution in [1.82, 2.24) is 10.3 Å². The molecule has 0 bridgehead atoms. The standard InChI is InChI=1S/C15H16N2O4S/c18-14(16-12-5-6-22(20,21)9-12)8-11-7-10-3-1-2-4-13(10)17-15(11)19/h1-4,7,12H,5-6,8-9H2,(H,16,18)(H,17,19)/t12-/m1/s1. The molecular formula is C15H16N2O4S. The van der Waals surface area contributed by atoms with Crippen LogP contribution in [0.4, 0.5) is 0 Å². The van der Waals surface area contributed by atoms with E-state index >= 15 is 0 Å². The molecular weight excluding hydrogens is 304 g/mol. The van der Waals surface area contributed by atoms with Gasteiger partial charge in [-0.1, -0.05) is 18.2 Å². The summed E-state index contributed by atoms with van der Waals surface area (Å²) in [6, 6.07) is 8.68. The van der Waals surface area contributed by atoms with E-state index in [1.165, 1.54) is 0 Å². The number of amides is 1. The molecule has 1 atom stereocenters. The number of para-hydroxylation sites is 1. The fourth-order valence-electron chi connectivity index (χ4n) is 2.68. The molecule has 1 fully saturated rings. The topological polar surface area (TPSA) is 96.1 Å². The average molecular weight is 320 g/mol. The second-order valence-electron chi connectivity index (χ2n) is 5.56. The Bertz CT molecular complexity index is 886. The van der Waals surface area contributed by atoms with Gasteiger partial charge in [0.05, 0.1) is 17.9 Å². The minimum absolute atomic E-state index is 0.0210. The van der Waals surface area contributed by atoms with Gasteiger partial charge in [-0.25, -0.2) is 8.42 Å². The summed E-state index contributed by atoms with van der Waals surface area (Å²) in [4.78, 5) is 26.7. The number of benzene rings is 1. The van der Waals surface area contributed by atoms with Crippen LogP contribution in [0.2, 0.25) is 0 Å². The molecule has 2 aromatic rings. The number of carbonyl (C=O) groups is 1. The van der Waals surface area contributed by atoms with Gasteiger partial charge in [0.15, 0.2) is 9.84 Å². The maximum absolute atomic E-state index is 12.0. The molecule has 7 heteroatoms. The first-order valence-corrected chi connectivity index (χ1v) is 8.86. The van der Waals surface area contributed by atoms with Crippen molar-refractivity contribution in [2.24, 2.45) is 0 Å². The van der Waals surface area contributed by atoms with Gasteiger partial charge in [-0.2, -0.15) is 0 Å². The van der Waals surface area contributed by atoms with Crippen LogP contribution in [0.3, 0.4) is 0 Å². The van der Waals surface area contributed by atoms with Crippen LogP contribution in [0.15, 0.2) is 35.1 Å². The molecule has 3 rings (SSSR count). The summed E-state index contributed by atoms with van der Waals surface area (Å²) in [5.41, 5.74) is 0.795. The molecule has 1 aliphatic rings. The number of hydrogen-bond donors (Lipinski definition) is 2. The van der Waals surface area contributed by atoms with Crippen LogP contribution >= 0.6 is 0 Å². The van der Waals surface area contributed by atoms with Crippen LogP contribution in [0, 0.1) is 0 Å². The Morgan fingerprint density at radius 3 is 2.82 bits per heavy atom. The van der Waals surface area contributed by atoms with E-state index in [4.69, 9.17) is 0 Å². The summed E-state index contributed by atoms with van der Waals surface area (Å²) in [6.07, 6.45) is 0.374. The smallest absolute Gasteiger partial charge is 0.252 e. The highest BCUT2D eigenvalue weighted by Gasteiger charge is 2.28. The van der Waals surface area contributed by atoms with Crippen molar-refractivity contribution < 1.29 is 13.2 Å². The molecule has 1 aromatic heterocycles. The van der Waals surface area contributed by atoms with E-state index in [2.05, 4.69) is 10.3 Å². The molecule has 2 N–H and O–H groups in total. The Labute approximate surface area is 127 Å². The molecule has 6 nitrogen and oxygen atoms in total. The van der Waals surface area contributed by atoms with Gasteiger partial charge in [0, 0.05) is 17.1 Å². The third-order valence-corrected chi connectivity index (χ3v) is 5.55. The zero-order chi connectivity index (χ0) is 15.7. The lowest BCUT2D eigenvalue weighted by Crippen LogP contribution is -2.37. The van der Waals surface area contributed by atoms with Gasteiger partial charge in [-0.3, -0.25) is 9.59 Å². The number of nitrogens with one attached hydrogen (secondary N) is 2. The fraction of sp³-hybridized carbons (Fsp3) is 0.333. The molecule has 0 aliphatic carbocycles. The Balaban J connectivity index is 1.74. The summed E-state index contributed by atoms with van der Waals surface area (Å²) in [6.45, 7) is 0. The van der Waals surface area contributed by atoms with Gasteiger partial charge in [-0.15, -0.1) is 0 Å². The lowest BCUT2D eigenvalue weighted by atomic mass is 10.1. The molecule has 22 heavy (non-hydrogen) atoms. The Morgan fingerprint density at radius 2 is 2.09 bits per heavy atom. The number of sulfone groups is 1. The van der Waals surface area contributed by atoms with Crippen LogP contribution in [-0.4, -0.2) is 36.9 Å². The summed E-state index contributed by atoms with van der Waals surface area (Å²) in [5.74, 6) is -0.246. The Hall–Kier alpha value is -2.15. The van der Waals surface area contributed by atoms with Crippen LogP contribution in [0.5, 0.6) is 0 Å². The van der Waals surface area contributed by atoms with E-state index < -0.39 is 9.84 Å². The third kappa shape index (κ3) is 3.19. The summed E-state index contributed by atoms with van der Waals surface area (Å²) in [5, 5.41) is 3.54. The van der Waals surface area contributed by atoms with Gasteiger partial charge < -0.3 is 10.3 Å². The lowest BCUT2D eigenvalue weighted by molar-refractivity contribution is -0.121. The summed E-state index contributed by atoms with van der Waals surface area (Å²) >= 11 is 0. The zero-order valence-electron chi connectivity index (χ0n) is 11.8. The van der Waals surface area contributed by atoms with Crippen molar-refractivity contribution in [1.29, 1.82) is 0 Å². The van der Waals surface area contributed by atoms with Crippen molar-refractivity contribution in [3.8, 4) is 0 Å². The van der Waals surface area contributed by atoms with E-state index in [0.717, 1.165) is 10.9 Å². The third-order valence-electron chi connectivity index (χ3n) is 3.78. The van der Waals surface area contributed by atoms with Crippen LogP contribution in [0.25, 0.3) is 10.9 Å². The molecule has 1 amide bonds. The summed E-state index contributed by atoms with van der Waals surface area (Å²) < 4.78 is 22.8. The lowest BCUT2D eigenvalue weighted by Gasteiger charge is -2.10. The number of H-pyrrole nitrogens is 1. The van der Waals surface area contributed by atoms with Crippen molar-refractivity contribution in [3.05, 3.63) is 46.2 Å². The van der Waals surface area contributed by atoms with E-state index in [9.17, 15) is 18.0 Å². The van der Waals surface area contributed by atoms with Gasteiger partial charge in [0.1, 0.15) is 0 Å². The predicted molar refractivity (Wildman–Crippen MR) is 83.5 cm³/mol. The van der Waals surface area contributed by atoms with Crippen molar-refractivity contribution in [2.75, 3.05) is 11.5 Å². The quantitative estimate of drug-likeness (QED) is 0.854. The largest absolute Gasteiger partial charge is 0.352 e. The molecule has 1 saturated heterocycles. The van der Waals surface area contributed by atoms with Gasteiger partial charge >= 0.3 is 0 Å². The van der Waals surface area contributed by atoms with E-state index in [-0.39, 0.29) is 35.4 Å². The zero-order valence-corrected chi connectivity index (χ0v) is 12.7. The number of fused-ring (bicyclic) bond motifs is 1. The van der Waals surface area contributed by atoms with Crippen LogP contribution in [-0.2, 0) is 21.1 Å². The molecule has 2 heterocycles.